The van der Waals surface area contributed by atoms with Crippen LogP contribution < -0.4 is 30.8 Å². The first-order valence-corrected chi connectivity index (χ1v) is 22.6. The van der Waals surface area contributed by atoms with Gasteiger partial charge in [-0.25, -0.2) is 28.6 Å². The minimum atomic E-state index is -0.966. The van der Waals surface area contributed by atoms with Gasteiger partial charge in [0.15, 0.2) is 37.3 Å². The summed E-state index contributed by atoms with van der Waals surface area (Å²) in [5.74, 6) is 0.303. The number of hydrogen-bond acceptors (Lipinski definition) is 13. The Morgan fingerprint density at radius 1 is 1.00 bits per heavy atom. The second-order valence-electron chi connectivity index (χ2n) is 17.1. The van der Waals surface area contributed by atoms with Crippen LogP contribution in [0.2, 0.25) is 0 Å². The van der Waals surface area contributed by atoms with Crippen LogP contribution >= 0.6 is 11.8 Å². The number of carbonyl (C=O) groups excluding carboxylic acids is 2. The van der Waals surface area contributed by atoms with Crippen molar-refractivity contribution in [1.82, 2.24) is 25.0 Å². The van der Waals surface area contributed by atoms with Gasteiger partial charge in [-0.05, 0) is 110 Å². The molecule has 14 nitrogen and oxygen atoms in total. The number of anilines is 1. The molecule has 6 atom stereocenters. The maximum Gasteiger partial charge on any atom is 0.509 e. The summed E-state index contributed by atoms with van der Waals surface area (Å²) in [6.07, 6.45) is -1.62. The van der Waals surface area contributed by atoms with Gasteiger partial charge in [0.05, 0.1) is 13.2 Å². The molecule has 7 rings (SSSR count). The van der Waals surface area contributed by atoms with E-state index in [0.717, 1.165) is 27.1 Å². The van der Waals surface area contributed by atoms with Crippen LogP contribution in [0.3, 0.4) is 0 Å². The van der Waals surface area contributed by atoms with Gasteiger partial charge in [-0.3, -0.25) is 4.90 Å². The fourth-order valence-corrected chi connectivity index (χ4v) is 10.0. The lowest BCUT2D eigenvalue weighted by molar-refractivity contribution is -0.600. The zero-order valence-corrected chi connectivity index (χ0v) is 37.4. The maximum absolute atomic E-state index is 15.7. The summed E-state index contributed by atoms with van der Waals surface area (Å²) in [7, 11) is 1.62. The zero-order chi connectivity index (χ0) is 41.7. The second-order valence-corrected chi connectivity index (χ2v) is 21.1. The third-order valence-corrected chi connectivity index (χ3v) is 13.4. The Hall–Kier alpha value is -3.81. The molecule has 0 spiro atoms. The molecule has 2 saturated carbocycles. The van der Waals surface area contributed by atoms with Crippen molar-refractivity contribution in [3.8, 4) is 5.75 Å². The predicted octanol–water partition coefficient (Wildman–Crippen LogP) is 5.08. The lowest BCUT2D eigenvalue weighted by Gasteiger charge is -2.27. The number of methoxy groups -OCH3 is 1. The first kappa shape index (κ1) is 42.3. The topological polar surface area (TPSA) is 149 Å². The number of ether oxygens (including phenoxy) is 6. The van der Waals surface area contributed by atoms with Crippen LogP contribution in [-0.2, 0) is 23.7 Å². The highest BCUT2D eigenvalue weighted by atomic mass is 127. The smallest absolute Gasteiger partial charge is 0.497 e. The summed E-state index contributed by atoms with van der Waals surface area (Å²) in [5, 5.41) is 9.61. The molecule has 4 aromatic rings. The van der Waals surface area contributed by atoms with Crippen molar-refractivity contribution in [3.05, 3.63) is 61.0 Å². The van der Waals surface area contributed by atoms with E-state index in [-0.39, 0.29) is 29.5 Å². The Balaban J connectivity index is 1.23. The highest BCUT2D eigenvalue weighted by molar-refractivity contribution is 7.99. The number of hydrogen-bond donors (Lipinski definition) is 0. The lowest BCUT2D eigenvalue weighted by Crippen LogP contribution is -3.61. The van der Waals surface area contributed by atoms with Gasteiger partial charge in [-0.2, -0.15) is 0 Å². The summed E-state index contributed by atoms with van der Waals surface area (Å²) in [6.45, 7) is 16.4. The molecule has 1 aliphatic heterocycles. The molecule has 58 heavy (non-hydrogen) atoms. The van der Waals surface area contributed by atoms with Gasteiger partial charge in [-0.15, -0.1) is 5.10 Å². The van der Waals surface area contributed by atoms with Crippen LogP contribution in [0.4, 0.5) is 19.8 Å². The van der Waals surface area contributed by atoms with Crippen LogP contribution in [0, 0.1) is 13.0 Å². The molecule has 0 bridgehead atoms. The molecule has 1 saturated heterocycles. The van der Waals surface area contributed by atoms with Gasteiger partial charge >= 0.3 is 33.5 Å². The largest absolute Gasteiger partial charge is 0.509 e. The molecule has 2 aromatic heterocycles. The first-order chi connectivity index (χ1) is 27.3. The molecular formula is C41H51FIN6O8S+. The number of halogens is 2. The maximum atomic E-state index is 15.7. The fourth-order valence-electron chi connectivity index (χ4n) is 7.19. The average molecular weight is 934 g/mol. The molecule has 312 valence electrons. The molecule has 2 aliphatic carbocycles. The standard InChI is InChI=1S/C41H51FIN6O8S/c1-11-18-58-36-44-34(31-35(45-36)49(47-46-31)29-21-30(53-38(51)57-40(5,6)7)33-32(29)54-41(8,9)55-33)48(37(50)56-39(2,3)4)28-20-25(28)22-12-17-27(26(42)19-22)43-23-13-15-24(52-10)16-14-23/h12-17,19,25,28-30,32-33H,11,18,20-21H2,1-10H3/q+1/t25?,28?,29-,30+,32+,33-/m1/s1. The van der Waals surface area contributed by atoms with E-state index in [4.69, 9.17) is 38.4 Å². The summed E-state index contributed by atoms with van der Waals surface area (Å²) >= 11 is 0.685. The second kappa shape index (κ2) is 16.3. The van der Waals surface area contributed by atoms with Crippen LogP contribution in [0.1, 0.15) is 99.1 Å². The van der Waals surface area contributed by atoms with E-state index in [0.29, 0.717) is 20.8 Å². The van der Waals surface area contributed by atoms with E-state index in [2.05, 4.69) is 17.2 Å². The summed E-state index contributed by atoms with van der Waals surface area (Å²) in [4.78, 5) is 38.5. The minimum absolute atomic E-state index is 0.185. The Kier molecular flexibility index (Phi) is 11.9. The average Bonchev–Trinajstić information content (AvgIpc) is 3.52. The van der Waals surface area contributed by atoms with Crippen molar-refractivity contribution >= 4 is 41.0 Å². The van der Waals surface area contributed by atoms with Crippen LogP contribution in [0.5, 0.6) is 5.75 Å². The van der Waals surface area contributed by atoms with Gasteiger partial charge < -0.3 is 28.4 Å². The summed E-state index contributed by atoms with van der Waals surface area (Å²) in [6, 6.07) is 12.2. The Morgan fingerprint density at radius 3 is 2.36 bits per heavy atom. The van der Waals surface area contributed by atoms with E-state index < -0.39 is 80.8 Å². The predicted molar refractivity (Wildman–Crippen MR) is 209 cm³/mol. The third-order valence-electron chi connectivity index (χ3n) is 9.59. The van der Waals surface area contributed by atoms with Crippen LogP contribution in [0.25, 0.3) is 11.2 Å². The third kappa shape index (κ3) is 9.47. The molecule has 2 aromatic carbocycles. The normalized spacial score (nSPS) is 23.7. The number of rotatable bonds is 11. The molecular weight excluding hydrogens is 882 g/mol. The van der Waals surface area contributed by atoms with Crippen molar-refractivity contribution in [3.63, 3.8) is 0 Å². The van der Waals surface area contributed by atoms with E-state index >= 15 is 4.39 Å². The molecule has 3 fully saturated rings. The summed E-state index contributed by atoms with van der Waals surface area (Å²) in [5.41, 5.74) is -0.129. The molecule has 2 unspecified atom stereocenters. The van der Waals surface area contributed by atoms with Gasteiger partial charge in [0.1, 0.15) is 35.3 Å². The highest BCUT2D eigenvalue weighted by Gasteiger charge is 2.57. The lowest BCUT2D eigenvalue weighted by atomic mass is 10.1. The van der Waals surface area contributed by atoms with E-state index in [1.165, 1.54) is 16.7 Å². The number of fused-ring (bicyclic) bond motifs is 2. The van der Waals surface area contributed by atoms with Crippen molar-refractivity contribution in [2.75, 3.05) is 17.8 Å². The van der Waals surface area contributed by atoms with Gasteiger partial charge in [-0.1, -0.05) is 30.0 Å². The van der Waals surface area contributed by atoms with E-state index in [1.54, 1.807) is 73.2 Å². The molecule has 0 radical (unpaired) electrons. The van der Waals surface area contributed by atoms with Crippen LogP contribution in [-0.4, -0.2) is 91.4 Å². The van der Waals surface area contributed by atoms with Crippen molar-refractivity contribution in [1.29, 1.82) is 0 Å². The number of benzene rings is 2. The highest BCUT2D eigenvalue weighted by Crippen LogP contribution is 2.49. The molecule has 1 amide bonds. The number of aromatic nitrogens is 5. The van der Waals surface area contributed by atoms with E-state index in [1.807, 2.05) is 36.4 Å². The van der Waals surface area contributed by atoms with Gasteiger partial charge in [0.2, 0.25) is 3.57 Å². The fraction of sp³-hybridized carbons (Fsp3) is 0.561. The minimum Gasteiger partial charge on any atom is -0.497 e. The van der Waals surface area contributed by atoms with Crippen molar-refractivity contribution < 1.29 is 63.6 Å². The quantitative estimate of drug-likeness (QED) is 0.0853. The molecule has 0 N–H and O–H groups in total. The summed E-state index contributed by atoms with van der Waals surface area (Å²) < 4.78 is 54.4. The van der Waals surface area contributed by atoms with Gasteiger partial charge in [0.25, 0.3) is 0 Å². The monoisotopic (exact) mass is 933 g/mol. The van der Waals surface area contributed by atoms with Crippen molar-refractivity contribution in [2.45, 2.75) is 140 Å². The van der Waals surface area contributed by atoms with Crippen LogP contribution in [0.15, 0.2) is 47.6 Å². The number of amides is 1. The number of carbonyl (C=O) groups is 2. The van der Waals surface area contributed by atoms with E-state index in [9.17, 15) is 9.59 Å². The molecule has 17 heteroatoms. The zero-order valence-electron chi connectivity index (χ0n) is 34.4. The first-order valence-electron chi connectivity index (χ1n) is 19.4. The molecule has 3 aliphatic rings. The van der Waals surface area contributed by atoms with Gasteiger partial charge in [0, 0.05) is 24.1 Å². The SMILES string of the molecule is CCCSc1nc(N(C(=O)OC(C)(C)C)C2CC2c2ccc([I+]c3ccc(OC)cc3)c(F)c2)c2nnn([C@@H]3C[C@H](OC(=O)OC(C)(C)C)[C@H]4OC(C)(C)O[C@H]43)c2n1. The van der Waals surface area contributed by atoms with Crippen molar-refractivity contribution in [2.24, 2.45) is 0 Å². The number of thioether (sulfide) groups is 1. The Bertz CT molecular complexity index is 2160. The molecule has 3 heterocycles. The Morgan fingerprint density at radius 2 is 1.71 bits per heavy atom. The Labute approximate surface area is 352 Å². The number of nitrogens with zero attached hydrogens (tertiary/aromatic N) is 6.